The molecule has 3 nitrogen and oxygen atoms in total. The van der Waals surface area contributed by atoms with E-state index in [0.717, 1.165) is 5.56 Å². The van der Waals surface area contributed by atoms with Gasteiger partial charge in [0.1, 0.15) is 0 Å². The van der Waals surface area contributed by atoms with Gasteiger partial charge >= 0.3 is 6.18 Å². The molecule has 1 aromatic heterocycles. The van der Waals surface area contributed by atoms with Crippen molar-refractivity contribution in [3.05, 3.63) is 46.6 Å². The van der Waals surface area contributed by atoms with E-state index in [2.05, 4.69) is 38.0 Å². The first-order valence-electron chi connectivity index (χ1n) is 8.50. The molecule has 0 radical (unpaired) electrons. The quantitative estimate of drug-likeness (QED) is 0.743. The van der Waals surface area contributed by atoms with Gasteiger partial charge in [0.2, 0.25) is 0 Å². The van der Waals surface area contributed by atoms with Crippen LogP contribution in [0.5, 0.6) is 0 Å². The van der Waals surface area contributed by atoms with Gasteiger partial charge < -0.3 is 5.73 Å². The Hall–Kier alpha value is -1.47. The zero-order valence-electron chi connectivity index (χ0n) is 15.8. The number of hydrogen-bond acceptors (Lipinski definition) is 3. The predicted octanol–water partition coefficient (Wildman–Crippen LogP) is 4.92. The lowest BCUT2D eigenvalue weighted by Gasteiger charge is -2.19. The van der Waals surface area contributed by atoms with Crippen molar-refractivity contribution in [1.29, 1.82) is 0 Å². The molecule has 1 aromatic carbocycles. The third-order valence-electron chi connectivity index (χ3n) is 4.08. The second-order valence-electron chi connectivity index (χ2n) is 7.67. The number of alkyl halides is 3. The van der Waals surface area contributed by atoms with E-state index in [-0.39, 0.29) is 23.4 Å². The third-order valence-corrected chi connectivity index (χ3v) is 5.34. The van der Waals surface area contributed by atoms with Crippen LogP contribution in [-0.2, 0) is 30.8 Å². The molecule has 1 unspecified atom stereocenters. The summed E-state index contributed by atoms with van der Waals surface area (Å²) in [6.45, 7) is 8.13. The second kappa shape index (κ2) is 7.64. The monoisotopic (exact) mass is 385 g/mol. The molecule has 0 fully saturated rings. The highest BCUT2D eigenvalue weighted by molar-refractivity contribution is 7.98. The Morgan fingerprint density at radius 3 is 2.19 bits per heavy atom. The van der Waals surface area contributed by atoms with E-state index in [0.29, 0.717) is 10.8 Å². The summed E-state index contributed by atoms with van der Waals surface area (Å²) in [7, 11) is 1.55. The van der Waals surface area contributed by atoms with Gasteiger partial charge in [-0.05, 0) is 29.9 Å². The molecule has 144 valence electrons. The number of aromatic nitrogens is 2. The highest BCUT2D eigenvalue weighted by Gasteiger charge is 2.38. The average Bonchev–Trinajstić information content (AvgIpc) is 2.80. The molecule has 2 aromatic rings. The highest BCUT2D eigenvalue weighted by atomic mass is 32.2. The fourth-order valence-electron chi connectivity index (χ4n) is 2.72. The van der Waals surface area contributed by atoms with E-state index in [1.54, 1.807) is 14.0 Å². The lowest BCUT2D eigenvalue weighted by molar-refractivity contribution is -0.142. The van der Waals surface area contributed by atoms with E-state index in [1.165, 1.54) is 22.0 Å². The van der Waals surface area contributed by atoms with Gasteiger partial charge in [-0.25, -0.2) is 0 Å². The summed E-state index contributed by atoms with van der Waals surface area (Å²) in [5.74, 6) is 0.577. The Bertz CT molecular complexity index is 741. The number of benzene rings is 1. The van der Waals surface area contributed by atoms with E-state index >= 15 is 0 Å². The zero-order chi connectivity index (χ0) is 19.7. The lowest BCUT2D eigenvalue weighted by Crippen LogP contribution is -2.20. The highest BCUT2D eigenvalue weighted by Crippen LogP contribution is 2.37. The van der Waals surface area contributed by atoms with Gasteiger partial charge in [-0.3, -0.25) is 4.68 Å². The van der Waals surface area contributed by atoms with Crippen molar-refractivity contribution in [2.75, 3.05) is 0 Å². The minimum atomic E-state index is -4.48. The largest absolute Gasteiger partial charge is 0.435 e. The van der Waals surface area contributed by atoms with Crippen LogP contribution in [0.15, 0.2) is 29.3 Å². The first-order chi connectivity index (χ1) is 11.9. The van der Waals surface area contributed by atoms with Gasteiger partial charge in [0.05, 0.1) is 5.03 Å². The number of aryl methyl sites for hydroxylation is 1. The lowest BCUT2D eigenvalue weighted by atomic mass is 9.87. The normalized spacial score (nSPS) is 13.9. The molecule has 7 heteroatoms. The zero-order valence-corrected chi connectivity index (χ0v) is 16.6. The predicted molar refractivity (Wildman–Crippen MR) is 100 cm³/mol. The first-order valence-corrected chi connectivity index (χ1v) is 9.49. The minimum Gasteiger partial charge on any atom is -0.328 e. The van der Waals surface area contributed by atoms with Gasteiger partial charge in [-0.15, -0.1) is 11.8 Å². The fraction of sp³-hybridized carbons (Fsp3) is 0.526. The summed E-state index contributed by atoms with van der Waals surface area (Å²) in [6, 6.07) is 7.83. The molecule has 0 bridgehead atoms. The Kier molecular flexibility index (Phi) is 6.13. The summed E-state index contributed by atoms with van der Waals surface area (Å²) in [5.41, 5.74) is 7.48. The van der Waals surface area contributed by atoms with Gasteiger partial charge in [-0.1, -0.05) is 45.0 Å². The molecule has 26 heavy (non-hydrogen) atoms. The summed E-state index contributed by atoms with van der Waals surface area (Å²) >= 11 is 1.36. The van der Waals surface area contributed by atoms with Crippen LogP contribution in [-0.4, -0.2) is 15.8 Å². The molecule has 1 heterocycles. The van der Waals surface area contributed by atoms with E-state index in [1.807, 2.05) is 12.1 Å². The number of nitrogens with two attached hydrogens (primary N) is 1. The number of thioether (sulfide) groups is 1. The minimum absolute atomic E-state index is 0.0692. The van der Waals surface area contributed by atoms with Crippen molar-refractivity contribution in [3.8, 4) is 0 Å². The third kappa shape index (κ3) is 5.04. The van der Waals surface area contributed by atoms with Crippen LogP contribution < -0.4 is 5.73 Å². The molecule has 0 aliphatic rings. The van der Waals surface area contributed by atoms with Crippen LogP contribution in [0.25, 0.3) is 0 Å². The standard InChI is InChI=1S/C19H26F3N3S/c1-12(23)10-15-16(19(20,21)22)24-25(5)17(15)26-11-13-6-8-14(9-7-13)18(2,3)4/h6-9,12H,10-11,23H2,1-5H3. The van der Waals surface area contributed by atoms with Gasteiger partial charge in [0, 0.05) is 24.4 Å². The molecular weight excluding hydrogens is 359 g/mol. The van der Waals surface area contributed by atoms with Crippen LogP contribution in [0.4, 0.5) is 13.2 Å². The molecule has 1 atom stereocenters. The van der Waals surface area contributed by atoms with Gasteiger partial charge in [0.25, 0.3) is 0 Å². The van der Waals surface area contributed by atoms with Gasteiger partial charge in [0.15, 0.2) is 5.69 Å². The number of rotatable bonds is 5. The van der Waals surface area contributed by atoms with E-state index in [9.17, 15) is 13.2 Å². The average molecular weight is 385 g/mol. The molecule has 0 aliphatic heterocycles. The van der Waals surface area contributed by atoms with E-state index in [4.69, 9.17) is 5.73 Å². The molecule has 0 aliphatic carbocycles. The SMILES string of the molecule is CC(N)Cc1c(C(F)(F)F)nn(C)c1SCc1ccc(C(C)(C)C)cc1. The van der Waals surface area contributed by atoms with Crippen LogP contribution in [0.3, 0.4) is 0 Å². The van der Waals surface area contributed by atoms with Crippen molar-refractivity contribution in [1.82, 2.24) is 9.78 Å². The van der Waals surface area contributed by atoms with Crippen LogP contribution in [0.2, 0.25) is 0 Å². The Morgan fingerprint density at radius 1 is 1.15 bits per heavy atom. The van der Waals surface area contributed by atoms with Crippen molar-refractivity contribution < 1.29 is 13.2 Å². The Morgan fingerprint density at radius 2 is 1.73 bits per heavy atom. The topological polar surface area (TPSA) is 43.8 Å². The number of nitrogens with zero attached hydrogens (tertiary/aromatic N) is 2. The van der Waals surface area contributed by atoms with Crippen molar-refractivity contribution >= 4 is 11.8 Å². The van der Waals surface area contributed by atoms with Crippen LogP contribution >= 0.6 is 11.8 Å². The van der Waals surface area contributed by atoms with Crippen LogP contribution in [0.1, 0.15) is 50.1 Å². The maximum Gasteiger partial charge on any atom is 0.435 e. The van der Waals surface area contributed by atoms with Crippen molar-refractivity contribution in [2.45, 2.75) is 62.5 Å². The molecule has 0 amide bonds. The smallest absolute Gasteiger partial charge is 0.328 e. The van der Waals surface area contributed by atoms with Crippen molar-refractivity contribution in [3.63, 3.8) is 0 Å². The summed E-state index contributed by atoms with van der Waals surface area (Å²) in [4.78, 5) is 0. The molecule has 0 saturated carbocycles. The van der Waals surface area contributed by atoms with Gasteiger partial charge in [-0.2, -0.15) is 18.3 Å². The number of hydrogen-bond donors (Lipinski definition) is 1. The molecule has 0 saturated heterocycles. The van der Waals surface area contributed by atoms with E-state index < -0.39 is 11.9 Å². The van der Waals surface area contributed by atoms with Crippen molar-refractivity contribution in [2.24, 2.45) is 12.8 Å². The molecule has 2 N–H and O–H groups in total. The molecular formula is C19H26F3N3S. The maximum absolute atomic E-state index is 13.3. The molecule has 2 rings (SSSR count). The summed E-state index contributed by atoms with van der Waals surface area (Å²) in [5, 5.41) is 4.23. The Balaban J connectivity index is 2.25. The van der Waals surface area contributed by atoms with Crippen LogP contribution in [0, 0.1) is 0 Å². The fourth-order valence-corrected chi connectivity index (χ4v) is 3.80. The Labute approximate surface area is 157 Å². The molecule has 0 spiro atoms. The number of halogens is 3. The summed E-state index contributed by atoms with van der Waals surface area (Å²) in [6.07, 6.45) is -4.33. The second-order valence-corrected chi connectivity index (χ2v) is 8.63. The first kappa shape index (κ1) is 20.8. The maximum atomic E-state index is 13.3. The summed E-state index contributed by atoms with van der Waals surface area (Å²) < 4.78 is 41.2.